The molecule has 0 saturated carbocycles. The molecule has 2 aromatic carbocycles. The van der Waals surface area contributed by atoms with Gasteiger partial charge < -0.3 is 14.8 Å². The Morgan fingerprint density at radius 2 is 1.90 bits per heavy atom. The van der Waals surface area contributed by atoms with Crippen molar-refractivity contribution in [1.29, 1.82) is 0 Å². The molecular weight excluding hydrogens is 382 g/mol. The Balaban J connectivity index is 2.02. The van der Waals surface area contributed by atoms with Gasteiger partial charge in [0, 0.05) is 5.56 Å². The molecule has 0 aliphatic heterocycles. The number of rotatable bonds is 9. The van der Waals surface area contributed by atoms with Gasteiger partial charge in [-0.1, -0.05) is 38.0 Å². The minimum absolute atomic E-state index is 0.124. The Hall–Kier alpha value is -3.79. The van der Waals surface area contributed by atoms with Gasteiger partial charge in [0.2, 0.25) is 0 Å². The van der Waals surface area contributed by atoms with E-state index in [0.29, 0.717) is 22.6 Å². The molecule has 0 heterocycles. The average molecular weight is 407 g/mol. The van der Waals surface area contributed by atoms with Gasteiger partial charge in [0.05, 0.1) is 13.3 Å². The van der Waals surface area contributed by atoms with Crippen LogP contribution in [-0.4, -0.2) is 37.8 Å². The zero-order chi connectivity index (χ0) is 21.9. The summed E-state index contributed by atoms with van der Waals surface area (Å²) in [5, 5.41) is 6.74. The van der Waals surface area contributed by atoms with Crippen LogP contribution in [0.15, 0.2) is 53.6 Å². The summed E-state index contributed by atoms with van der Waals surface area (Å²) >= 11 is 0. The molecule has 0 radical (unpaired) electrons. The number of carbonyl (C=O) groups excluding carboxylic acids is 2. The first-order chi connectivity index (χ1) is 14.5. The molecule has 0 saturated heterocycles. The lowest BCUT2D eigenvalue weighted by molar-refractivity contribution is -0.123. The van der Waals surface area contributed by atoms with Crippen molar-refractivity contribution in [2.45, 2.75) is 19.9 Å². The fraction of sp³-hybridized carbons (Fsp3) is 0.261. The molecule has 0 fully saturated rings. The average Bonchev–Trinajstić information content (AvgIpc) is 2.76. The van der Waals surface area contributed by atoms with E-state index in [2.05, 4.69) is 21.8 Å². The van der Waals surface area contributed by atoms with Crippen LogP contribution < -0.4 is 20.2 Å². The molecule has 2 amide bonds. The normalized spacial score (nSPS) is 11.6. The summed E-state index contributed by atoms with van der Waals surface area (Å²) in [7, 11) is 1.52. The highest BCUT2D eigenvalue weighted by Crippen LogP contribution is 2.27. The van der Waals surface area contributed by atoms with E-state index in [1.807, 2.05) is 19.9 Å². The molecule has 0 aromatic heterocycles. The van der Waals surface area contributed by atoms with E-state index in [1.165, 1.54) is 13.3 Å². The summed E-state index contributed by atoms with van der Waals surface area (Å²) in [5.74, 6) is 2.55. The van der Waals surface area contributed by atoms with E-state index < -0.39 is 11.9 Å². The van der Waals surface area contributed by atoms with Crippen molar-refractivity contribution in [3.63, 3.8) is 0 Å². The van der Waals surface area contributed by atoms with Crippen molar-refractivity contribution in [3.05, 3.63) is 59.7 Å². The molecule has 7 nitrogen and oxygen atoms in total. The third-order valence-corrected chi connectivity index (χ3v) is 4.16. The van der Waals surface area contributed by atoms with Crippen molar-refractivity contribution >= 4 is 18.0 Å². The number of hydrazone groups is 1. The van der Waals surface area contributed by atoms with Crippen molar-refractivity contribution < 1.29 is 19.1 Å². The maximum atomic E-state index is 12.5. The Morgan fingerprint density at radius 3 is 2.53 bits per heavy atom. The third-order valence-electron chi connectivity index (χ3n) is 4.16. The number of terminal acetylenes is 1. The number of benzene rings is 2. The maximum Gasteiger partial charge on any atom is 0.262 e. The highest BCUT2D eigenvalue weighted by atomic mass is 16.5. The molecule has 30 heavy (non-hydrogen) atoms. The van der Waals surface area contributed by atoms with E-state index in [9.17, 15) is 9.59 Å². The molecule has 0 aliphatic rings. The van der Waals surface area contributed by atoms with Crippen molar-refractivity contribution in [2.24, 2.45) is 11.0 Å². The second kappa shape index (κ2) is 11.3. The number of carbonyl (C=O) groups is 2. The lowest BCUT2D eigenvalue weighted by Crippen LogP contribution is -2.48. The molecule has 1 atom stereocenters. The second-order valence-electron chi connectivity index (χ2n) is 6.70. The van der Waals surface area contributed by atoms with Crippen LogP contribution in [0.5, 0.6) is 11.5 Å². The van der Waals surface area contributed by atoms with Crippen LogP contribution in [0, 0.1) is 18.3 Å². The van der Waals surface area contributed by atoms with Crippen molar-refractivity contribution in [2.75, 3.05) is 13.7 Å². The number of nitrogens with zero attached hydrogens (tertiary/aromatic N) is 1. The highest BCUT2D eigenvalue weighted by Gasteiger charge is 2.24. The van der Waals surface area contributed by atoms with Gasteiger partial charge in [0.1, 0.15) is 12.6 Å². The number of methoxy groups -OCH3 is 1. The number of hydrogen-bond acceptors (Lipinski definition) is 5. The van der Waals surface area contributed by atoms with Crippen LogP contribution in [-0.2, 0) is 4.79 Å². The van der Waals surface area contributed by atoms with Gasteiger partial charge in [-0.3, -0.25) is 9.59 Å². The molecule has 0 aliphatic carbocycles. The molecule has 2 N–H and O–H groups in total. The number of nitrogens with one attached hydrogen (secondary N) is 2. The van der Waals surface area contributed by atoms with Gasteiger partial charge >= 0.3 is 0 Å². The third kappa shape index (κ3) is 6.38. The summed E-state index contributed by atoms with van der Waals surface area (Å²) in [6, 6.07) is 13.2. The van der Waals surface area contributed by atoms with Gasteiger partial charge in [-0.15, -0.1) is 6.42 Å². The first-order valence-electron chi connectivity index (χ1n) is 9.39. The van der Waals surface area contributed by atoms with Crippen molar-refractivity contribution in [1.82, 2.24) is 10.7 Å². The van der Waals surface area contributed by atoms with Gasteiger partial charge in [0.25, 0.3) is 11.8 Å². The van der Waals surface area contributed by atoms with Crippen LogP contribution >= 0.6 is 0 Å². The van der Waals surface area contributed by atoms with Crippen molar-refractivity contribution in [3.8, 4) is 23.8 Å². The predicted octanol–water partition coefficient (Wildman–Crippen LogP) is 2.61. The Labute approximate surface area is 176 Å². The molecule has 2 aromatic rings. The second-order valence-corrected chi connectivity index (χ2v) is 6.70. The molecule has 2 rings (SSSR count). The minimum atomic E-state index is -0.732. The minimum Gasteiger partial charge on any atom is -0.493 e. The molecule has 1 unspecified atom stereocenters. The maximum absolute atomic E-state index is 12.5. The molecule has 0 spiro atoms. The Morgan fingerprint density at radius 1 is 1.17 bits per heavy atom. The van der Waals surface area contributed by atoms with Crippen LogP contribution in [0.3, 0.4) is 0 Å². The smallest absolute Gasteiger partial charge is 0.262 e. The van der Waals surface area contributed by atoms with Crippen LogP contribution in [0.2, 0.25) is 0 Å². The van der Waals surface area contributed by atoms with E-state index >= 15 is 0 Å². The van der Waals surface area contributed by atoms with Gasteiger partial charge in [-0.05, 0) is 41.8 Å². The predicted molar refractivity (Wildman–Crippen MR) is 116 cm³/mol. The SMILES string of the molecule is C#CCOc1ccc(C=NNC(=O)C(NC(=O)c2ccccc2)C(C)C)cc1OC. The fourth-order valence-corrected chi connectivity index (χ4v) is 2.59. The summed E-state index contributed by atoms with van der Waals surface area (Å²) in [4.78, 5) is 24.9. The molecular formula is C23H25N3O4. The summed E-state index contributed by atoms with van der Waals surface area (Å²) in [6.45, 7) is 3.82. The lowest BCUT2D eigenvalue weighted by Gasteiger charge is -2.20. The topological polar surface area (TPSA) is 89.0 Å². The number of ether oxygens (including phenoxy) is 2. The van der Waals surface area contributed by atoms with E-state index in [4.69, 9.17) is 15.9 Å². The molecule has 0 bridgehead atoms. The van der Waals surface area contributed by atoms with Crippen LogP contribution in [0.4, 0.5) is 0 Å². The van der Waals surface area contributed by atoms with Gasteiger partial charge in [-0.25, -0.2) is 5.43 Å². The summed E-state index contributed by atoms with van der Waals surface area (Å²) < 4.78 is 10.7. The highest BCUT2D eigenvalue weighted by molar-refractivity contribution is 5.97. The monoisotopic (exact) mass is 407 g/mol. The van der Waals surface area contributed by atoms with E-state index in [0.717, 1.165) is 0 Å². The number of hydrogen-bond donors (Lipinski definition) is 2. The Bertz CT molecular complexity index is 933. The molecule has 156 valence electrons. The Kier molecular flexibility index (Phi) is 8.45. The largest absolute Gasteiger partial charge is 0.493 e. The van der Waals surface area contributed by atoms with Gasteiger partial charge in [-0.2, -0.15) is 5.10 Å². The van der Waals surface area contributed by atoms with E-state index in [-0.39, 0.29) is 18.4 Å². The zero-order valence-electron chi connectivity index (χ0n) is 17.2. The molecule has 7 heteroatoms. The fourth-order valence-electron chi connectivity index (χ4n) is 2.59. The summed E-state index contributed by atoms with van der Waals surface area (Å²) in [5.41, 5.74) is 3.65. The van der Waals surface area contributed by atoms with E-state index in [1.54, 1.807) is 42.5 Å². The lowest BCUT2D eigenvalue weighted by atomic mass is 10.0. The zero-order valence-corrected chi connectivity index (χ0v) is 17.2. The van der Waals surface area contributed by atoms with Crippen LogP contribution in [0.25, 0.3) is 0 Å². The first-order valence-corrected chi connectivity index (χ1v) is 9.39. The quantitative estimate of drug-likeness (QED) is 0.380. The van der Waals surface area contributed by atoms with Gasteiger partial charge in [0.15, 0.2) is 11.5 Å². The first kappa shape index (κ1) is 22.5. The number of amides is 2. The summed E-state index contributed by atoms with van der Waals surface area (Å²) in [6.07, 6.45) is 6.67. The van der Waals surface area contributed by atoms with Crippen LogP contribution in [0.1, 0.15) is 29.8 Å². The standard InChI is InChI=1S/C23H25N3O4/c1-5-13-30-19-12-11-17(14-20(19)29-4)15-24-26-23(28)21(16(2)3)25-22(27)18-9-7-6-8-10-18/h1,6-12,14-16,21H,13H2,2-4H3,(H,25,27)(H,26,28).